The number of benzene rings is 1. The highest BCUT2D eigenvalue weighted by Gasteiger charge is 2.25. The Hall–Kier alpha value is -1.75. The van der Waals surface area contributed by atoms with Crippen LogP contribution in [0, 0.1) is 5.92 Å². The topological polar surface area (TPSA) is 42.0 Å². The number of ether oxygens (including phenoxy) is 2. The Morgan fingerprint density at radius 3 is 2.24 bits per heavy atom. The van der Waals surface area contributed by atoms with Crippen molar-refractivity contribution in [2.24, 2.45) is 5.92 Å². The number of hydrogen-bond donors (Lipinski definition) is 0. The molecule has 0 aromatic heterocycles. The van der Waals surface area contributed by atoms with Crippen molar-refractivity contribution in [3.8, 4) is 11.5 Å². The summed E-state index contributed by atoms with van der Waals surface area (Å²) in [6.45, 7) is 8.82. The van der Waals surface area contributed by atoms with Gasteiger partial charge in [-0.05, 0) is 37.0 Å². The molecule has 1 aliphatic heterocycles. The predicted octanol–water partition coefficient (Wildman–Crippen LogP) is 2.83. The first kappa shape index (κ1) is 19.6. The van der Waals surface area contributed by atoms with Gasteiger partial charge in [-0.2, -0.15) is 0 Å². The highest BCUT2D eigenvalue weighted by Crippen LogP contribution is 2.27. The quantitative estimate of drug-likeness (QED) is 0.724. The number of methoxy groups -OCH3 is 2. The maximum absolute atomic E-state index is 12.5. The van der Waals surface area contributed by atoms with E-state index in [1.807, 2.05) is 17.0 Å². The zero-order valence-corrected chi connectivity index (χ0v) is 16.1. The molecule has 1 fully saturated rings. The summed E-state index contributed by atoms with van der Waals surface area (Å²) in [7, 11) is 3.32. The maximum Gasteiger partial charge on any atom is 0.225 e. The summed E-state index contributed by atoms with van der Waals surface area (Å²) >= 11 is 0. The maximum atomic E-state index is 12.5. The lowest BCUT2D eigenvalue weighted by Gasteiger charge is -2.36. The highest BCUT2D eigenvalue weighted by atomic mass is 16.5. The predicted molar refractivity (Wildman–Crippen MR) is 100 cm³/mol. The molecule has 5 heteroatoms. The van der Waals surface area contributed by atoms with Crippen molar-refractivity contribution in [1.29, 1.82) is 0 Å². The summed E-state index contributed by atoms with van der Waals surface area (Å²) < 4.78 is 10.7. The molecule has 2 rings (SSSR count). The van der Waals surface area contributed by atoms with E-state index in [4.69, 9.17) is 9.47 Å². The van der Waals surface area contributed by atoms with Crippen LogP contribution in [0.2, 0.25) is 0 Å². The number of carbonyl (C=O) groups excluding carboxylic acids is 1. The molecule has 0 bridgehead atoms. The molecule has 1 aromatic carbocycles. The minimum absolute atomic E-state index is 0.193. The van der Waals surface area contributed by atoms with Gasteiger partial charge in [0.05, 0.1) is 14.2 Å². The fraction of sp³-hybridized carbons (Fsp3) is 0.650. The molecule has 0 atom stereocenters. The van der Waals surface area contributed by atoms with Gasteiger partial charge in [0.25, 0.3) is 0 Å². The van der Waals surface area contributed by atoms with Crippen LogP contribution in [0.25, 0.3) is 0 Å². The lowest BCUT2D eigenvalue weighted by Crippen LogP contribution is -2.50. The molecule has 0 spiro atoms. The smallest absolute Gasteiger partial charge is 0.225 e. The van der Waals surface area contributed by atoms with Crippen molar-refractivity contribution >= 4 is 5.91 Å². The Kier molecular flexibility index (Phi) is 7.56. The van der Waals surface area contributed by atoms with E-state index in [9.17, 15) is 4.79 Å². The van der Waals surface area contributed by atoms with Crippen molar-refractivity contribution < 1.29 is 14.3 Å². The Labute approximate surface area is 151 Å². The van der Waals surface area contributed by atoms with Crippen LogP contribution in [-0.4, -0.2) is 62.7 Å². The molecule has 1 heterocycles. The molecule has 1 saturated heterocycles. The van der Waals surface area contributed by atoms with Crippen molar-refractivity contribution in [3.05, 3.63) is 23.8 Å². The van der Waals surface area contributed by atoms with Crippen molar-refractivity contribution in [1.82, 2.24) is 9.80 Å². The van der Waals surface area contributed by atoms with Gasteiger partial charge in [0.1, 0.15) is 0 Å². The molecule has 0 radical (unpaired) electrons. The number of amides is 1. The molecule has 0 N–H and O–H groups in total. The molecule has 140 valence electrons. The number of hydrogen-bond acceptors (Lipinski definition) is 4. The van der Waals surface area contributed by atoms with E-state index in [-0.39, 0.29) is 5.92 Å². The molecule has 0 unspecified atom stereocenters. The summed E-state index contributed by atoms with van der Waals surface area (Å²) in [5, 5.41) is 0. The second kappa shape index (κ2) is 9.66. The van der Waals surface area contributed by atoms with Crippen molar-refractivity contribution in [2.45, 2.75) is 33.1 Å². The Balaban J connectivity index is 1.82. The van der Waals surface area contributed by atoms with Crippen LogP contribution in [0.15, 0.2) is 18.2 Å². The van der Waals surface area contributed by atoms with Crippen molar-refractivity contribution in [2.75, 3.05) is 46.9 Å². The van der Waals surface area contributed by atoms with E-state index >= 15 is 0 Å². The largest absolute Gasteiger partial charge is 0.493 e. The molecule has 1 aromatic rings. The Morgan fingerprint density at radius 2 is 1.68 bits per heavy atom. The van der Waals surface area contributed by atoms with Crippen LogP contribution in [0.4, 0.5) is 0 Å². The Bertz CT molecular complexity index is 550. The number of carbonyl (C=O) groups is 1. The minimum Gasteiger partial charge on any atom is -0.493 e. The van der Waals surface area contributed by atoms with Crippen LogP contribution >= 0.6 is 0 Å². The van der Waals surface area contributed by atoms with E-state index in [1.165, 1.54) is 5.56 Å². The lowest BCUT2D eigenvalue weighted by molar-refractivity contribution is -0.137. The minimum atomic E-state index is 0.193. The molecule has 5 nitrogen and oxygen atoms in total. The van der Waals surface area contributed by atoms with Gasteiger partial charge in [-0.15, -0.1) is 0 Å². The van der Waals surface area contributed by atoms with E-state index < -0.39 is 0 Å². The third kappa shape index (κ3) is 5.11. The second-order valence-electron chi connectivity index (χ2n) is 6.62. The monoisotopic (exact) mass is 348 g/mol. The summed E-state index contributed by atoms with van der Waals surface area (Å²) in [6, 6.07) is 6.10. The highest BCUT2D eigenvalue weighted by molar-refractivity contribution is 5.78. The first-order valence-electron chi connectivity index (χ1n) is 9.34. The fourth-order valence-electron chi connectivity index (χ4n) is 3.41. The van der Waals surface area contributed by atoms with Gasteiger partial charge in [-0.1, -0.05) is 19.9 Å². The summed E-state index contributed by atoms with van der Waals surface area (Å²) in [5.74, 6) is 2.07. The molecule has 0 aliphatic carbocycles. The molecule has 25 heavy (non-hydrogen) atoms. The third-order valence-corrected chi connectivity index (χ3v) is 5.18. The lowest BCUT2D eigenvalue weighted by atomic mass is 10.0. The van der Waals surface area contributed by atoms with Gasteiger partial charge in [0, 0.05) is 38.6 Å². The summed E-state index contributed by atoms with van der Waals surface area (Å²) in [5.41, 5.74) is 1.24. The van der Waals surface area contributed by atoms with Crippen LogP contribution in [0.3, 0.4) is 0 Å². The summed E-state index contributed by atoms with van der Waals surface area (Å²) in [6.07, 6.45) is 2.85. The van der Waals surface area contributed by atoms with Gasteiger partial charge in [0.2, 0.25) is 5.91 Å². The first-order chi connectivity index (χ1) is 12.1. The number of rotatable bonds is 8. The van der Waals surface area contributed by atoms with Gasteiger partial charge >= 0.3 is 0 Å². The second-order valence-corrected chi connectivity index (χ2v) is 6.62. The molecule has 1 amide bonds. The van der Waals surface area contributed by atoms with Gasteiger partial charge in [-0.3, -0.25) is 9.69 Å². The van der Waals surface area contributed by atoms with Crippen LogP contribution < -0.4 is 9.47 Å². The van der Waals surface area contributed by atoms with E-state index in [1.54, 1.807) is 14.2 Å². The SMILES string of the molecule is CCC(CC)C(=O)N1CCN(CCc2ccc(OC)c(OC)c2)CC1. The van der Waals surface area contributed by atoms with E-state index in [0.717, 1.165) is 63.5 Å². The summed E-state index contributed by atoms with van der Waals surface area (Å²) in [4.78, 5) is 16.9. The first-order valence-corrected chi connectivity index (χ1v) is 9.34. The zero-order chi connectivity index (χ0) is 18.2. The average Bonchev–Trinajstić information content (AvgIpc) is 2.67. The fourth-order valence-corrected chi connectivity index (χ4v) is 3.41. The van der Waals surface area contributed by atoms with Gasteiger partial charge in [-0.25, -0.2) is 0 Å². The van der Waals surface area contributed by atoms with E-state index in [0.29, 0.717) is 5.91 Å². The van der Waals surface area contributed by atoms with Gasteiger partial charge in [0.15, 0.2) is 11.5 Å². The molecular formula is C20H32N2O3. The van der Waals surface area contributed by atoms with E-state index in [2.05, 4.69) is 24.8 Å². The van der Waals surface area contributed by atoms with Gasteiger partial charge < -0.3 is 14.4 Å². The third-order valence-electron chi connectivity index (χ3n) is 5.18. The van der Waals surface area contributed by atoms with Crippen LogP contribution in [-0.2, 0) is 11.2 Å². The molecule has 0 saturated carbocycles. The average molecular weight is 348 g/mol. The Morgan fingerprint density at radius 1 is 1.04 bits per heavy atom. The number of nitrogens with zero attached hydrogens (tertiary/aromatic N) is 2. The van der Waals surface area contributed by atoms with Crippen molar-refractivity contribution in [3.63, 3.8) is 0 Å². The number of piperazine rings is 1. The van der Waals surface area contributed by atoms with Crippen LogP contribution in [0.1, 0.15) is 32.3 Å². The molecule has 1 aliphatic rings. The normalized spacial score (nSPS) is 15.5. The standard InChI is InChI=1S/C20H32N2O3/c1-5-17(6-2)20(23)22-13-11-21(12-14-22)10-9-16-7-8-18(24-3)19(15-16)25-4/h7-8,15,17H,5-6,9-14H2,1-4H3. The zero-order valence-electron chi connectivity index (χ0n) is 16.1. The molecular weight excluding hydrogens is 316 g/mol. The van der Waals surface area contributed by atoms with Crippen LogP contribution in [0.5, 0.6) is 11.5 Å².